The van der Waals surface area contributed by atoms with Gasteiger partial charge in [-0.1, -0.05) is 23.7 Å². The van der Waals surface area contributed by atoms with Crippen molar-refractivity contribution < 1.29 is 9.53 Å². The van der Waals surface area contributed by atoms with Crippen LogP contribution in [0.5, 0.6) is 0 Å². The average molecular weight is 379 g/mol. The van der Waals surface area contributed by atoms with Crippen molar-refractivity contribution in [1.29, 1.82) is 5.26 Å². The Hall–Kier alpha value is -1.65. The lowest BCUT2D eigenvalue weighted by molar-refractivity contribution is -0.122. The molecule has 0 atom stereocenters. The largest absolute Gasteiger partial charge is 0.379 e. The van der Waals surface area contributed by atoms with Gasteiger partial charge in [0.05, 0.1) is 25.8 Å². The predicted molar refractivity (Wildman–Crippen MR) is 102 cm³/mol. The Bertz CT molecular complexity index is 582. The SMILES string of the molecule is N#CCCN(CCN1CCOCC1)CC(=O)NCCc1ccc(Cl)cc1. The van der Waals surface area contributed by atoms with E-state index in [0.717, 1.165) is 51.4 Å². The number of nitriles is 1. The van der Waals surface area contributed by atoms with E-state index in [4.69, 9.17) is 21.6 Å². The van der Waals surface area contributed by atoms with Gasteiger partial charge < -0.3 is 10.1 Å². The van der Waals surface area contributed by atoms with Crippen LogP contribution in [0.3, 0.4) is 0 Å². The molecule has 1 amide bonds. The summed E-state index contributed by atoms with van der Waals surface area (Å²) in [5, 5.41) is 12.5. The van der Waals surface area contributed by atoms with Gasteiger partial charge in [-0.05, 0) is 24.1 Å². The van der Waals surface area contributed by atoms with Crippen molar-refractivity contribution in [1.82, 2.24) is 15.1 Å². The Morgan fingerprint density at radius 1 is 1.27 bits per heavy atom. The van der Waals surface area contributed by atoms with Crippen LogP contribution in [0.1, 0.15) is 12.0 Å². The van der Waals surface area contributed by atoms with E-state index in [1.165, 1.54) is 0 Å². The molecule has 0 aromatic heterocycles. The number of amides is 1. The monoisotopic (exact) mass is 378 g/mol. The number of ether oxygens (including phenoxy) is 1. The molecule has 26 heavy (non-hydrogen) atoms. The summed E-state index contributed by atoms with van der Waals surface area (Å²) >= 11 is 5.87. The summed E-state index contributed by atoms with van der Waals surface area (Å²) in [6, 6.07) is 9.81. The molecule has 1 N–H and O–H groups in total. The van der Waals surface area contributed by atoms with Crippen molar-refractivity contribution in [3.05, 3.63) is 34.9 Å². The summed E-state index contributed by atoms with van der Waals surface area (Å²) in [6.45, 7) is 6.61. The maximum absolute atomic E-state index is 12.2. The molecule has 1 fully saturated rings. The number of nitrogens with one attached hydrogen (secondary N) is 1. The summed E-state index contributed by atoms with van der Waals surface area (Å²) in [5.74, 6) is -0.00104. The minimum Gasteiger partial charge on any atom is -0.379 e. The van der Waals surface area contributed by atoms with E-state index in [1.807, 2.05) is 24.3 Å². The van der Waals surface area contributed by atoms with Crippen LogP contribution in [0.4, 0.5) is 0 Å². The smallest absolute Gasteiger partial charge is 0.234 e. The fraction of sp³-hybridized carbons (Fsp3) is 0.579. The van der Waals surface area contributed by atoms with E-state index in [1.54, 1.807) is 0 Å². The Balaban J connectivity index is 1.70. The Labute approximate surface area is 160 Å². The highest BCUT2D eigenvalue weighted by atomic mass is 35.5. The average Bonchev–Trinajstić information content (AvgIpc) is 2.66. The molecule has 1 aromatic rings. The molecular formula is C19H27ClN4O2. The molecule has 1 aliphatic heterocycles. The maximum atomic E-state index is 12.2. The van der Waals surface area contributed by atoms with Gasteiger partial charge in [0.1, 0.15) is 0 Å². The van der Waals surface area contributed by atoms with Gasteiger partial charge in [-0.25, -0.2) is 0 Å². The van der Waals surface area contributed by atoms with Crippen LogP contribution in [0, 0.1) is 11.3 Å². The molecule has 0 saturated carbocycles. The molecule has 0 radical (unpaired) electrons. The van der Waals surface area contributed by atoms with E-state index in [2.05, 4.69) is 21.2 Å². The van der Waals surface area contributed by atoms with Crippen LogP contribution in [-0.4, -0.2) is 74.7 Å². The first kappa shape index (κ1) is 20.7. The number of nitrogens with zero attached hydrogens (tertiary/aromatic N) is 3. The van der Waals surface area contributed by atoms with Gasteiger partial charge in [0.15, 0.2) is 0 Å². The molecule has 0 spiro atoms. The number of benzene rings is 1. The van der Waals surface area contributed by atoms with E-state index in [-0.39, 0.29) is 5.91 Å². The van der Waals surface area contributed by atoms with Crippen LogP contribution in [-0.2, 0) is 16.0 Å². The van der Waals surface area contributed by atoms with Gasteiger partial charge in [-0.15, -0.1) is 0 Å². The van der Waals surface area contributed by atoms with Crippen LogP contribution in [0.2, 0.25) is 5.02 Å². The lowest BCUT2D eigenvalue weighted by atomic mass is 10.1. The van der Waals surface area contributed by atoms with Gasteiger partial charge in [0, 0.05) is 50.7 Å². The second kappa shape index (κ2) is 11.9. The van der Waals surface area contributed by atoms with Gasteiger partial charge in [0.25, 0.3) is 0 Å². The third kappa shape index (κ3) is 8.15. The van der Waals surface area contributed by atoms with Crippen LogP contribution >= 0.6 is 11.6 Å². The Kier molecular flexibility index (Phi) is 9.43. The van der Waals surface area contributed by atoms with Crippen molar-refractivity contribution in [3.8, 4) is 6.07 Å². The number of carbonyl (C=O) groups is 1. The molecule has 0 unspecified atom stereocenters. The minimum atomic E-state index is -0.00104. The van der Waals surface area contributed by atoms with Crippen LogP contribution < -0.4 is 5.32 Å². The summed E-state index contributed by atoms with van der Waals surface area (Å²) in [6.07, 6.45) is 1.20. The normalized spacial score (nSPS) is 15.0. The zero-order valence-electron chi connectivity index (χ0n) is 15.1. The predicted octanol–water partition coefficient (Wildman–Crippen LogP) is 1.55. The van der Waals surface area contributed by atoms with Gasteiger partial charge in [-0.3, -0.25) is 14.6 Å². The minimum absolute atomic E-state index is 0.00104. The zero-order valence-corrected chi connectivity index (χ0v) is 15.9. The Morgan fingerprint density at radius 2 is 2.00 bits per heavy atom. The van der Waals surface area contributed by atoms with Crippen molar-refractivity contribution in [2.24, 2.45) is 0 Å². The molecule has 1 aliphatic rings. The highest BCUT2D eigenvalue weighted by Gasteiger charge is 2.14. The van der Waals surface area contributed by atoms with E-state index in [0.29, 0.717) is 31.1 Å². The molecule has 1 aromatic carbocycles. The Morgan fingerprint density at radius 3 is 2.69 bits per heavy atom. The lowest BCUT2D eigenvalue weighted by Gasteiger charge is -2.29. The van der Waals surface area contributed by atoms with Gasteiger partial charge in [0.2, 0.25) is 5.91 Å². The van der Waals surface area contributed by atoms with Crippen molar-refractivity contribution >= 4 is 17.5 Å². The molecule has 2 rings (SSSR count). The number of hydrogen-bond acceptors (Lipinski definition) is 5. The number of carbonyl (C=O) groups excluding carboxylic acids is 1. The van der Waals surface area contributed by atoms with Gasteiger partial charge >= 0.3 is 0 Å². The first-order chi connectivity index (χ1) is 12.7. The fourth-order valence-electron chi connectivity index (χ4n) is 2.84. The van der Waals surface area contributed by atoms with Crippen LogP contribution in [0.25, 0.3) is 0 Å². The molecule has 0 aliphatic carbocycles. The molecule has 142 valence electrons. The second-order valence-electron chi connectivity index (χ2n) is 6.36. The number of rotatable bonds is 10. The third-order valence-corrected chi connectivity index (χ3v) is 4.64. The highest BCUT2D eigenvalue weighted by molar-refractivity contribution is 6.30. The first-order valence-electron chi connectivity index (χ1n) is 9.08. The fourth-order valence-corrected chi connectivity index (χ4v) is 2.97. The maximum Gasteiger partial charge on any atom is 0.234 e. The number of halogens is 1. The van der Waals surface area contributed by atoms with Crippen molar-refractivity contribution in [2.75, 3.05) is 59.0 Å². The summed E-state index contributed by atoms with van der Waals surface area (Å²) in [4.78, 5) is 16.6. The topological polar surface area (TPSA) is 68.6 Å². The third-order valence-electron chi connectivity index (χ3n) is 4.39. The molecular weight excluding hydrogens is 352 g/mol. The summed E-state index contributed by atoms with van der Waals surface area (Å²) in [7, 11) is 0. The molecule has 1 heterocycles. The molecule has 7 heteroatoms. The zero-order chi connectivity index (χ0) is 18.6. The second-order valence-corrected chi connectivity index (χ2v) is 6.80. The van der Waals surface area contributed by atoms with Crippen molar-refractivity contribution in [2.45, 2.75) is 12.8 Å². The quantitative estimate of drug-likeness (QED) is 0.669. The lowest BCUT2D eigenvalue weighted by Crippen LogP contribution is -2.44. The molecule has 6 nitrogen and oxygen atoms in total. The first-order valence-corrected chi connectivity index (χ1v) is 9.45. The van der Waals surface area contributed by atoms with Gasteiger partial charge in [-0.2, -0.15) is 5.26 Å². The molecule has 1 saturated heterocycles. The van der Waals surface area contributed by atoms with Crippen LogP contribution in [0.15, 0.2) is 24.3 Å². The number of morpholine rings is 1. The summed E-state index contributed by atoms with van der Waals surface area (Å²) < 4.78 is 5.35. The molecule has 0 bridgehead atoms. The van der Waals surface area contributed by atoms with E-state index in [9.17, 15) is 4.79 Å². The van der Waals surface area contributed by atoms with Crippen molar-refractivity contribution in [3.63, 3.8) is 0 Å². The number of hydrogen-bond donors (Lipinski definition) is 1. The van der Waals surface area contributed by atoms with E-state index < -0.39 is 0 Å². The summed E-state index contributed by atoms with van der Waals surface area (Å²) in [5.41, 5.74) is 1.14. The van der Waals surface area contributed by atoms with E-state index >= 15 is 0 Å². The highest BCUT2D eigenvalue weighted by Crippen LogP contribution is 2.09. The standard InChI is InChI=1S/C19H27ClN4O2/c20-18-4-2-17(3-5-18)6-8-22-19(25)16-24(9-1-7-21)11-10-23-12-14-26-15-13-23/h2-5H,1,6,8-16H2,(H,22,25).